The van der Waals surface area contributed by atoms with E-state index < -0.39 is 11.8 Å². The molecule has 2 amide bonds. The molecule has 7 nitrogen and oxygen atoms in total. The molecule has 0 radical (unpaired) electrons. The molecule has 0 fully saturated rings. The van der Waals surface area contributed by atoms with Crippen LogP contribution < -0.4 is 20.3 Å². The lowest BCUT2D eigenvalue weighted by Crippen LogP contribution is -2.41. The molecule has 0 unspecified atom stereocenters. The van der Waals surface area contributed by atoms with E-state index in [4.69, 9.17) is 21.1 Å². The number of ether oxygens (including phenoxy) is 2. The topological polar surface area (TPSA) is 89.6 Å². The van der Waals surface area contributed by atoms with Crippen molar-refractivity contribution in [3.05, 3.63) is 88.7 Å². The smallest absolute Gasteiger partial charge is 0.271 e. The number of amides is 2. The van der Waals surface area contributed by atoms with Gasteiger partial charge in [0.05, 0.1) is 12.7 Å². The first-order chi connectivity index (χ1) is 14.1. The van der Waals surface area contributed by atoms with Gasteiger partial charge >= 0.3 is 0 Å². The van der Waals surface area contributed by atoms with E-state index in [1.54, 1.807) is 36.5 Å². The minimum Gasteiger partial charge on any atom is -0.493 e. The van der Waals surface area contributed by atoms with E-state index in [0.717, 1.165) is 5.56 Å². The summed E-state index contributed by atoms with van der Waals surface area (Å²) in [6, 6.07) is 15.3. The van der Waals surface area contributed by atoms with E-state index in [-0.39, 0.29) is 6.61 Å². The second-order valence-corrected chi connectivity index (χ2v) is 6.30. The van der Waals surface area contributed by atoms with Crippen LogP contribution in [-0.2, 0) is 6.61 Å². The summed E-state index contributed by atoms with van der Waals surface area (Å²) < 4.78 is 11.1. The molecule has 1 aromatic heterocycles. The zero-order valence-electron chi connectivity index (χ0n) is 15.5. The Morgan fingerprint density at radius 1 is 0.966 bits per heavy atom. The Balaban J connectivity index is 1.63. The maximum absolute atomic E-state index is 12.3. The fourth-order valence-electron chi connectivity index (χ4n) is 2.45. The molecule has 3 rings (SSSR count). The first-order valence-corrected chi connectivity index (χ1v) is 9.01. The molecule has 8 heteroatoms. The number of benzene rings is 2. The van der Waals surface area contributed by atoms with Crippen LogP contribution in [0.3, 0.4) is 0 Å². The number of nitrogens with zero attached hydrogens (tertiary/aromatic N) is 1. The third kappa shape index (κ3) is 5.24. The Bertz CT molecular complexity index is 1010. The average Bonchev–Trinajstić information content (AvgIpc) is 2.77. The molecule has 0 atom stereocenters. The van der Waals surface area contributed by atoms with E-state index in [1.165, 1.54) is 19.4 Å². The van der Waals surface area contributed by atoms with Gasteiger partial charge in [-0.3, -0.25) is 25.4 Å². The highest BCUT2D eigenvalue weighted by Crippen LogP contribution is 2.29. The van der Waals surface area contributed by atoms with E-state index in [0.29, 0.717) is 27.6 Å². The number of carbonyl (C=O) groups is 2. The lowest BCUT2D eigenvalue weighted by Gasteiger charge is -2.13. The lowest BCUT2D eigenvalue weighted by atomic mass is 10.2. The highest BCUT2D eigenvalue weighted by Gasteiger charge is 2.13. The van der Waals surface area contributed by atoms with Crippen molar-refractivity contribution in [3.63, 3.8) is 0 Å². The van der Waals surface area contributed by atoms with Gasteiger partial charge in [-0.2, -0.15) is 0 Å². The Morgan fingerprint density at radius 2 is 1.72 bits per heavy atom. The molecule has 0 saturated carbocycles. The summed E-state index contributed by atoms with van der Waals surface area (Å²) in [5.41, 5.74) is 6.14. The molecule has 0 aliphatic carbocycles. The number of pyridine rings is 1. The van der Waals surface area contributed by atoms with Crippen molar-refractivity contribution in [2.75, 3.05) is 7.11 Å². The zero-order valence-corrected chi connectivity index (χ0v) is 16.3. The van der Waals surface area contributed by atoms with Crippen molar-refractivity contribution in [1.29, 1.82) is 0 Å². The molecule has 29 heavy (non-hydrogen) atoms. The van der Waals surface area contributed by atoms with Crippen molar-refractivity contribution < 1.29 is 19.1 Å². The molecule has 0 saturated heterocycles. The van der Waals surface area contributed by atoms with Crippen LogP contribution in [0.15, 0.2) is 67.0 Å². The summed E-state index contributed by atoms with van der Waals surface area (Å²) in [5, 5.41) is 0.604. The number of carbonyl (C=O) groups excluding carboxylic acids is 2. The van der Waals surface area contributed by atoms with Gasteiger partial charge in [-0.15, -0.1) is 0 Å². The molecule has 0 aliphatic rings. The second-order valence-electron chi connectivity index (χ2n) is 5.90. The molecule has 3 aromatic rings. The van der Waals surface area contributed by atoms with E-state index in [2.05, 4.69) is 15.8 Å². The predicted octanol–water partition coefficient (Wildman–Crippen LogP) is 3.40. The fourth-order valence-corrected chi connectivity index (χ4v) is 2.64. The summed E-state index contributed by atoms with van der Waals surface area (Å²) >= 11 is 6.13. The van der Waals surface area contributed by atoms with Gasteiger partial charge in [0.25, 0.3) is 11.8 Å². The van der Waals surface area contributed by atoms with E-state index >= 15 is 0 Å². The van der Waals surface area contributed by atoms with Gasteiger partial charge in [-0.1, -0.05) is 29.8 Å². The lowest BCUT2D eigenvalue weighted by molar-refractivity contribution is 0.0846. The van der Waals surface area contributed by atoms with Crippen molar-refractivity contribution in [1.82, 2.24) is 15.8 Å². The van der Waals surface area contributed by atoms with Crippen LogP contribution >= 0.6 is 11.6 Å². The number of halogens is 1. The Kier molecular flexibility index (Phi) is 6.65. The predicted molar refractivity (Wildman–Crippen MR) is 108 cm³/mol. The van der Waals surface area contributed by atoms with Crippen molar-refractivity contribution >= 4 is 23.4 Å². The fraction of sp³-hybridized carbons (Fsp3) is 0.0952. The third-order valence-electron chi connectivity index (χ3n) is 3.98. The zero-order chi connectivity index (χ0) is 20.6. The third-order valence-corrected chi connectivity index (χ3v) is 4.35. The summed E-state index contributed by atoms with van der Waals surface area (Å²) in [4.78, 5) is 28.2. The minimum absolute atomic E-state index is 0.253. The largest absolute Gasteiger partial charge is 0.493 e. The number of aromatic nitrogens is 1. The first kappa shape index (κ1) is 20.2. The maximum atomic E-state index is 12.3. The highest BCUT2D eigenvalue weighted by molar-refractivity contribution is 6.31. The van der Waals surface area contributed by atoms with Gasteiger partial charge in [0.1, 0.15) is 6.61 Å². The standard InChI is InChI=1S/C21H18ClN3O4/c1-28-19-11-14(20(26)24-25-21(27)15-6-4-10-23-12-15)8-9-18(19)29-13-16-5-2-3-7-17(16)22/h2-12H,13H2,1H3,(H,24,26)(H,25,27). The number of methoxy groups -OCH3 is 1. The number of hydrazine groups is 1. The molecular weight excluding hydrogens is 394 g/mol. The number of hydrogen-bond donors (Lipinski definition) is 2. The van der Waals surface area contributed by atoms with Gasteiger partial charge in [0.2, 0.25) is 0 Å². The van der Waals surface area contributed by atoms with Crippen LogP contribution in [0.2, 0.25) is 5.02 Å². The molecular formula is C21H18ClN3O4. The summed E-state index contributed by atoms with van der Waals surface area (Å²) in [5.74, 6) is -0.136. The van der Waals surface area contributed by atoms with Gasteiger partial charge < -0.3 is 9.47 Å². The van der Waals surface area contributed by atoms with Crippen LogP contribution in [-0.4, -0.2) is 23.9 Å². The van der Waals surface area contributed by atoms with Gasteiger partial charge in [-0.25, -0.2) is 0 Å². The van der Waals surface area contributed by atoms with Gasteiger partial charge in [-0.05, 0) is 36.4 Å². The SMILES string of the molecule is COc1cc(C(=O)NNC(=O)c2cccnc2)ccc1OCc1ccccc1Cl. The Hall–Kier alpha value is -3.58. The van der Waals surface area contributed by atoms with Crippen LogP contribution in [0.25, 0.3) is 0 Å². The number of hydrogen-bond acceptors (Lipinski definition) is 5. The molecule has 0 spiro atoms. The number of nitrogens with one attached hydrogen (secondary N) is 2. The van der Waals surface area contributed by atoms with Crippen molar-refractivity contribution in [3.8, 4) is 11.5 Å². The Labute approximate surface area is 172 Å². The summed E-state index contributed by atoms with van der Waals surface area (Å²) in [6.45, 7) is 0.253. The molecule has 148 valence electrons. The monoisotopic (exact) mass is 411 g/mol. The van der Waals surface area contributed by atoms with Crippen LogP contribution in [0, 0.1) is 0 Å². The van der Waals surface area contributed by atoms with Crippen LogP contribution in [0.1, 0.15) is 26.3 Å². The second kappa shape index (κ2) is 9.57. The van der Waals surface area contributed by atoms with Gasteiger partial charge in [0, 0.05) is 28.5 Å². The average molecular weight is 412 g/mol. The van der Waals surface area contributed by atoms with Crippen molar-refractivity contribution in [2.45, 2.75) is 6.61 Å². The van der Waals surface area contributed by atoms with Crippen molar-refractivity contribution in [2.24, 2.45) is 0 Å². The van der Waals surface area contributed by atoms with E-state index in [9.17, 15) is 9.59 Å². The summed E-state index contributed by atoms with van der Waals surface area (Å²) in [6.07, 6.45) is 2.95. The summed E-state index contributed by atoms with van der Waals surface area (Å²) in [7, 11) is 1.48. The molecule has 1 heterocycles. The normalized spacial score (nSPS) is 10.1. The number of rotatable bonds is 6. The van der Waals surface area contributed by atoms with E-state index in [1.807, 2.05) is 18.2 Å². The minimum atomic E-state index is -0.502. The molecule has 0 aliphatic heterocycles. The first-order valence-electron chi connectivity index (χ1n) is 8.63. The molecule has 2 N–H and O–H groups in total. The van der Waals surface area contributed by atoms with Crippen LogP contribution in [0.4, 0.5) is 0 Å². The quantitative estimate of drug-likeness (QED) is 0.607. The maximum Gasteiger partial charge on any atom is 0.271 e. The van der Waals surface area contributed by atoms with Gasteiger partial charge in [0.15, 0.2) is 11.5 Å². The van der Waals surface area contributed by atoms with Crippen LogP contribution in [0.5, 0.6) is 11.5 Å². The molecule has 0 bridgehead atoms. The highest BCUT2D eigenvalue weighted by atomic mass is 35.5. The Morgan fingerprint density at radius 3 is 2.41 bits per heavy atom. The molecule has 2 aromatic carbocycles.